The topological polar surface area (TPSA) is 160 Å². The zero-order valence-corrected chi connectivity index (χ0v) is 18.7. The van der Waals surface area contributed by atoms with E-state index in [2.05, 4.69) is 27.8 Å². The molecule has 10 heteroatoms. The standard InChI is InChI=1S/C24H28N4O6/c1-16(30)22(24(33)28-34)27-23(32)19-9-5-17(6-10-19)3-4-18-7-11-20(12-8-18)26-21(31)15-25-13-2-14-29/h5-12,16,22,25,29-30,34H,2,13-15H2,1H3,(H,26,31)(H,27,32)(H,28,33). The third kappa shape index (κ3) is 8.65. The van der Waals surface area contributed by atoms with E-state index in [0.29, 0.717) is 24.2 Å². The first-order valence-corrected chi connectivity index (χ1v) is 10.6. The van der Waals surface area contributed by atoms with Gasteiger partial charge in [0.15, 0.2) is 0 Å². The lowest BCUT2D eigenvalue weighted by Gasteiger charge is -2.19. The van der Waals surface area contributed by atoms with Crippen molar-refractivity contribution in [3.05, 3.63) is 65.2 Å². The van der Waals surface area contributed by atoms with Crippen LogP contribution in [0.15, 0.2) is 48.5 Å². The van der Waals surface area contributed by atoms with Crippen molar-refractivity contribution in [1.82, 2.24) is 16.1 Å². The van der Waals surface area contributed by atoms with Gasteiger partial charge < -0.3 is 26.2 Å². The fourth-order valence-corrected chi connectivity index (χ4v) is 2.80. The van der Waals surface area contributed by atoms with Crippen LogP contribution in [0.2, 0.25) is 0 Å². The summed E-state index contributed by atoms with van der Waals surface area (Å²) in [5.74, 6) is 4.28. The maximum atomic E-state index is 12.3. The molecule has 2 unspecified atom stereocenters. The summed E-state index contributed by atoms with van der Waals surface area (Å²) in [5, 5.41) is 35.1. The first-order valence-electron chi connectivity index (χ1n) is 10.6. The minimum Gasteiger partial charge on any atom is -0.396 e. The molecule has 0 aromatic heterocycles. The van der Waals surface area contributed by atoms with E-state index in [1.807, 2.05) is 0 Å². The van der Waals surface area contributed by atoms with Gasteiger partial charge in [0, 0.05) is 29.0 Å². The third-order valence-corrected chi connectivity index (χ3v) is 4.63. The molecule has 0 saturated heterocycles. The Hall–Kier alpha value is -3.75. The number of carbonyl (C=O) groups is 3. The van der Waals surface area contributed by atoms with E-state index >= 15 is 0 Å². The Morgan fingerprint density at radius 1 is 0.971 bits per heavy atom. The maximum Gasteiger partial charge on any atom is 0.268 e. The lowest BCUT2D eigenvalue weighted by Crippen LogP contribution is -2.51. The Morgan fingerprint density at radius 3 is 2.09 bits per heavy atom. The summed E-state index contributed by atoms with van der Waals surface area (Å²) in [6.45, 7) is 2.11. The number of aliphatic hydroxyl groups is 2. The van der Waals surface area contributed by atoms with E-state index in [0.717, 1.165) is 5.56 Å². The van der Waals surface area contributed by atoms with Crippen molar-refractivity contribution in [3.63, 3.8) is 0 Å². The molecular weight excluding hydrogens is 440 g/mol. The highest BCUT2D eigenvalue weighted by Gasteiger charge is 2.25. The highest BCUT2D eigenvalue weighted by Crippen LogP contribution is 2.09. The molecule has 0 radical (unpaired) electrons. The van der Waals surface area contributed by atoms with Gasteiger partial charge >= 0.3 is 0 Å². The molecule has 3 amide bonds. The number of rotatable bonds is 10. The van der Waals surface area contributed by atoms with Crippen LogP contribution in [0, 0.1) is 11.8 Å². The van der Waals surface area contributed by atoms with Crippen molar-refractivity contribution in [1.29, 1.82) is 0 Å². The van der Waals surface area contributed by atoms with Crippen molar-refractivity contribution in [3.8, 4) is 11.8 Å². The molecule has 0 spiro atoms. The molecular formula is C24H28N4O6. The third-order valence-electron chi connectivity index (χ3n) is 4.63. The summed E-state index contributed by atoms with van der Waals surface area (Å²) < 4.78 is 0. The van der Waals surface area contributed by atoms with Crippen LogP contribution >= 0.6 is 0 Å². The molecule has 2 aromatic carbocycles. The molecule has 0 bridgehead atoms. The van der Waals surface area contributed by atoms with Gasteiger partial charge in [-0.3, -0.25) is 19.6 Å². The number of nitrogens with one attached hydrogen (secondary N) is 4. The van der Waals surface area contributed by atoms with Gasteiger partial charge in [0.05, 0.1) is 12.6 Å². The second kappa shape index (κ2) is 13.7. The van der Waals surface area contributed by atoms with E-state index in [9.17, 15) is 19.5 Å². The van der Waals surface area contributed by atoms with Crippen LogP contribution in [0.4, 0.5) is 5.69 Å². The molecule has 34 heavy (non-hydrogen) atoms. The average Bonchev–Trinajstić information content (AvgIpc) is 2.84. The van der Waals surface area contributed by atoms with E-state index in [4.69, 9.17) is 10.3 Å². The number of benzene rings is 2. The van der Waals surface area contributed by atoms with Crippen molar-refractivity contribution in [2.75, 3.05) is 25.0 Å². The Labute approximate surface area is 197 Å². The first-order chi connectivity index (χ1) is 16.3. The molecule has 0 aliphatic carbocycles. The van der Waals surface area contributed by atoms with Gasteiger partial charge in [0.1, 0.15) is 6.04 Å². The van der Waals surface area contributed by atoms with Gasteiger partial charge in [0.2, 0.25) is 5.91 Å². The molecule has 10 nitrogen and oxygen atoms in total. The van der Waals surface area contributed by atoms with Crippen LogP contribution in [0.1, 0.15) is 34.8 Å². The number of hydrogen-bond donors (Lipinski definition) is 7. The lowest BCUT2D eigenvalue weighted by molar-refractivity contribution is -0.133. The number of carbonyl (C=O) groups excluding carboxylic acids is 3. The van der Waals surface area contributed by atoms with Crippen molar-refractivity contribution in [2.24, 2.45) is 0 Å². The van der Waals surface area contributed by atoms with Gasteiger partial charge in [-0.15, -0.1) is 0 Å². The lowest BCUT2D eigenvalue weighted by atomic mass is 10.1. The van der Waals surface area contributed by atoms with E-state index < -0.39 is 24.0 Å². The Kier molecular flexibility index (Phi) is 10.7. The number of anilines is 1. The SMILES string of the molecule is CC(O)C(NC(=O)c1ccc(C#Cc2ccc(NC(=O)CNCCCO)cc2)cc1)C(=O)NO. The first kappa shape index (κ1) is 26.5. The van der Waals surface area contributed by atoms with E-state index in [1.54, 1.807) is 36.4 Å². The minimum atomic E-state index is -1.30. The fourth-order valence-electron chi connectivity index (χ4n) is 2.80. The van der Waals surface area contributed by atoms with Crippen LogP contribution in [-0.4, -0.2) is 65.0 Å². The highest BCUT2D eigenvalue weighted by molar-refractivity contribution is 5.97. The number of hydrogen-bond acceptors (Lipinski definition) is 7. The Balaban J connectivity index is 1.93. The monoisotopic (exact) mass is 468 g/mol. The zero-order valence-electron chi connectivity index (χ0n) is 18.7. The summed E-state index contributed by atoms with van der Waals surface area (Å²) in [5.41, 5.74) is 3.69. The Bertz CT molecular complexity index is 1030. The van der Waals surface area contributed by atoms with Crippen molar-refractivity contribution < 1.29 is 29.8 Å². The fraction of sp³-hybridized carbons (Fsp3) is 0.292. The minimum absolute atomic E-state index is 0.0759. The van der Waals surface area contributed by atoms with Gasteiger partial charge in [-0.25, -0.2) is 5.48 Å². The average molecular weight is 469 g/mol. The quantitative estimate of drug-likeness (QED) is 0.112. The molecule has 7 N–H and O–H groups in total. The summed E-state index contributed by atoms with van der Waals surface area (Å²) in [6.07, 6.45) is -0.613. The van der Waals surface area contributed by atoms with E-state index in [-0.39, 0.29) is 24.6 Å². The molecule has 2 rings (SSSR count). The smallest absolute Gasteiger partial charge is 0.268 e. The Morgan fingerprint density at radius 2 is 1.56 bits per heavy atom. The molecule has 0 aliphatic rings. The second-order valence-corrected chi connectivity index (χ2v) is 7.37. The molecule has 2 aromatic rings. The summed E-state index contributed by atoms with van der Waals surface area (Å²) in [6, 6.07) is 12.1. The molecule has 0 fully saturated rings. The zero-order chi connectivity index (χ0) is 24.9. The highest BCUT2D eigenvalue weighted by atomic mass is 16.5. The van der Waals surface area contributed by atoms with Crippen LogP contribution in [0.3, 0.4) is 0 Å². The van der Waals surface area contributed by atoms with Gasteiger partial charge in [-0.05, 0) is 68.4 Å². The maximum absolute atomic E-state index is 12.3. The van der Waals surface area contributed by atoms with Gasteiger partial charge in [0.25, 0.3) is 11.8 Å². The van der Waals surface area contributed by atoms with Crippen LogP contribution in [0.5, 0.6) is 0 Å². The van der Waals surface area contributed by atoms with Gasteiger partial charge in [-0.1, -0.05) is 11.8 Å². The molecule has 0 saturated carbocycles. The van der Waals surface area contributed by atoms with Crippen LogP contribution in [0.25, 0.3) is 0 Å². The summed E-state index contributed by atoms with van der Waals surface area (Å²) in [7, 11) is 0. The normalized spacial score (nSPS) is 12.0. The summed E-state index contributed by atoms with van der Waals surface area (Å²) in [4.78, 5) is 35.7. The van der Waals surface area contributed by atoms with Crippen molar-refractivity contribution >= 4 is 23.4 Å². The molecule has 0 heterocycles. The van der Waals surface area contributed by atoms with Crippen LogP contribution < -0.4 is 21.4 Å². The second-order valence-electron chi connectivity index (χ2n) is 7.37. The number of hydroxylamine groups is 1. The number of amides is 3. The van der Waals surface area contributed by atoms with Crippen molar-refractivity contribution in [2.45, 2.75) is 25.5 Å². The predicted octanol–water partition coefficient (Wildman–Crippen LogP) is -0.0185. The number of aliphatic hydroxyl groups excluding tert-OH is 2. The van der Waals surface area contributed by atoms with E-state index in [1.165, 1.54) is 24.5 Å². The predicted molar refractivity (Wildman–Crippen MR) is 125 cm³/mol. The largest absolute Gasteiger partial charge is 0.396 e. The van der Waals surface area contributed by atoms with Crippen LogP contribution in [-0.2, 0) is 9.59 Å². The van der Waals surface area contributed by atoms with Gasteiger partial charge in [-0.2, -0.15) is 0 Å². The molecule has 180 valence electrons. The molecule has 0 aliphatic heterocycles. The summed E-state index contributed by atoms with van der Waals surface area (Å²) >= 11 is 0. The molecule has 2 atom stereocenters.